The van der Waals surface area contributed by atoms with Crippen LogP contribution in [0.15, 0.2) is 17.1 Å². The third-order valence-electron chi connectivity index (χ3n) is 6.20. The van der Waals surface area contributed by atoms with E-state index in [1.165, 1.54) is 19.3 Å². The zero-order chi connectivity index (χ0) is 21.1. The van der Waals surface area contributed by atoms with Gasteiger partial charge in [-0.1, -0.05) is 30.9 Å². The molecule has 0 unspecified atom stereocenters. The lowest BCUT2D eigenvalue weighted by atomic mass is 9.94. The van der Waals surface area contributed by atoms with Crippen LogP contribution in [0.3, 0.4) is 0 Å². The zero-order valence-corrected chi connectivity index (χ0v) is 18.2. The van der Waals surface area contributed by atoms with E-state index in [1.807, 2.05) is 29.0 Å². The van der Waals surface area contributed by atoms with Crippen molar-refractivity contribution in [1.29, 1.82) is 0 Å². The van der Waals surface area contributed by atoms with Crippen molar-refractivity contribution in [1.82, 2.24) is 15.1 Å². The molecule has 8 heteroatoms. The maximum absolute atomic E-state index is 12.4. The van der Waals surface area contributed by atoms with Crippen LogP contribution in [0.2, 0.25) is 5.02 Å². The second kappa shape index (κ2) is 9.25. The van der Waals surface area contributed by atoms with E-state index in [2.05, 4.69) is 10.3 Å². The number of nitrogens with one attached hydrogen (secondary N) is 1. The SMILES string of the molecule is CN(C(=O)CCCCOc1ccc2c(c1Cl)CN1CC(=O)NC1=N2)C1CCCCC1. The first-order valence-corrected chi connectivity index (χ1v) is 11.2. The number of carbonyl (C=O) groups excluding carboxylic acids is 2. The normalized spacial score (nSPS) is 18.4. The smallest absolute Gasteiger partial charge is 0.246 e. The predicted octanol–water partition coefficient (Wildman–Crippen LogP) is 3.61. The number of nitrogens with zero attached hydrogens (tertiary/aromatic N) is 3. The van der Waals surface area contributed by atoms with Gasteiger partial charge in [0, 0.05) is 25.1 Å². The summed E-state index contributed by atoms with van der Waals surface area (Å²) in [5.41, 5.74) is 1.64. The number of unbranched alkanes of at least 4 members (excludes halogenated alkanes) is 1. The van der Waals surface area contributed by atoms with Gasteiger partial charge in [-0.2, -0.15) is 0 Å². The van der Waals surface area contributed by atoms with Crippen molar-refractivity contribution in [3.8, 4) is 5.75 Å². The Hall–Kier alpha value is -2.28. The molecule has 7 nitrogen and oxygen atoms in total. The molecule has 0 aromatic heterocycles. The number of carbonyl (C=O) groups is 2. The van der Waals surface area contributed by atoms with Crippen molar-refractivity contribution < 1.29 is 14.3 Å². The third kappa shape index (κ3) is 4.56. The number of amides is 2. The van der Waals surface area contributed by atoms with Crippen LogP contribution in [0.1, 0.15) is 56.9 Å². The Balaban J connectivity index is 1.24. The van der Waals surface area contributed by atoms with Crippen molar-refractivity contribution in [2.45, 2.75) is 64.0 Å². The van der Waals surface area contributed by atoms with Gasteiger partial charge in [0.25, 0.3) is 0 Å². The summed E-state index contributed by atoms with van der Waals surface area (Å²) in [6.07, 6.45) is 8.18. The van der Waals surface area contributed by atoms with Crippen LogP contribution in [0.5, 0.6) is 5.75 Å². The highest BCUT2D eigenvalue weighted by Gasteiger charge is 2.30. The summed E-state index contributed by atoms with van der Waals surface area (Å²) in [6.45, 7) is 1.34. The molecule has 0 atom stereocenters. The van der Waals surface area contributed by atoms with Gasteiger partial charge in [0.05, 0.1) is 23.9 Å². The molecular formula is C22H29ClN4O3. The predicted molar refractivity (Wildman–Crippen MR) is 116 cm³/mol. The highest BCUT2D eigenvalue weighted by molar-refractivity contribution is 6.33. The Kier molecular flexibility index (Phi) is 6.46. The van der Waals surface area contributed by atoms with Crippen molar-refractivity contribution >= 4 is 35.1 Å². The highest BCUT2D eigenvalue weighted by Crippen LogP contribution is 2.38. The molecule has 3 aliphatic rings. The molecule has 1 saturated carbocycles. The van der Waals surface area contributed by atoms with Gasteiger partial charge in [-0.25, -0.2) is 4.99 Å². The molecule has 2 aliphatic heterocycles. The van der Waals surface area contributed by atoms with E-state index in [0.717, 1.165) is 36.9 Å². The molecule has 162 valence electrons. The van der Waals surface area contributed by atoms with Crippen LogP contribution < -0.4 is 10.1 Å². The van der Waals surface area contributed by atoms with E-state index in [1.54, 1.807) is 0 Å². The average molecular weight is 433 g/mol. The average Bonchev–Trinajstić information content (AvgIpc) is 3.12. The molecule has 1 saturated heterocycles. The number of guanidine groups is 1. The van der Waals surface area contributed by atoms with Gasteiger partial charge in [-0.15, -0.1) is 0 Å². The fraction of sp³-hybridized carbons (Fsp3) is 0.591. The van der Waals surface area contributed by atoms with Gasteiger partial charge in [0.1, 0.15) is 12.3 Å². The quantitative estimate of drug-likeness (QED) is 0.668. The zero-order valence-electron chi connectivity index (χ0n) is 17.5. The molecule has 1 N–H and O–H groups in total. The molecule has 30 heavy (non-hydrogen) atoms. The number of hydrogen-bond acceptors (Lipinski definition) is 5. The van der Waals surface area contributed by atoms with Gasteiger partial charge >= 0.3 is 0 Å². The van der Waals surface area contributed by atoms with Crippen LogP contribution in [0.4, 0.5) is 5.69 Å². The molecule has 1 aliphatic carbocycles. The summed E-state index contributed by atoms with van der Waals surface area (Å²) < 4.78 is 5.89. The van der Waals surface area contributed by atoms with E-state index in [4.69, 9.17) is 16.3 Å². The first-order valence-electron chi connectivity index (χ1n) is 10.9. The van der Waals surface area contributed by atoms with Gasteiger partial charge in [0.15, 0.2) is 0 Å². The van der Waals surface area contributed by atoms with Crippen molar-refractivity contribution in [2.24, 2.45) is 4.99 Å². The number of aliphatic imine (C=N–C) groups is 1. The van der Waals surface area contributed by atoms with Crippen LogP contribution in [-0.4, -0.2) is 53.8 Å². The Morgan fingerprint density at radius 1 is 1.27 bits per heavy atom. The second-order valence-electron chi connectivity index (χ2n) is 8.32. The van der Waals surface area contributed by atoms with Crippen LogP contribution in [0.25, 0.3) is 0 Å². The number of fused-ring (bicyclic) bond motifs is 2. The molecule has 0 bridgehead atoms. The number of halogens is 1. The fourth-order valence-corrected chi connectivity index (χ4v) is 4.66. The number of hydrogen-bond donors (Lipinski definition) is 1. The minimum absolute atomic E-state index is 0.0576. The largest absolute Gasteiger partial charge is 0.492 e. The molecule has 0 spiro atoms. The lowest BCUT2D eigenvalue weighted by Gasteiger charge is -2.31. The Labute approximate surface area is 182 Å². The van der Waals surface area contributed by atoms with E-state index in [0.29, 0.717) is 48.9 Å². The summed E-state index contributed by atoms with van der Waals surface area (Å²) in [5.74, 6) is 1.38. The standard InChI is InChI=1S/C22H29ClN4O3/c1-26(15-7-3-2-4-8-15)20(29)9-5-6-12-30-18-11-10-17-16(21(18)23)13-27-14-19(28)25-22(27)24-17/h10-11,15H,2-9,12-14H2,1H3,(H,24,25,28). The topological polar surface area (TPSA) is 74.2 Å². The monoisotopic (exact) mass is 432 g/mol. The van der Waals surface area contributed by atoms with E-state index in [-0.39, 0.29) is 11.8 Å². The Morgan fingerprint density at radius 2 is 2.07 bits per heavy atom. The van der Waals surface area contributed by atoms with E-state index < -0.39 is 0 Å². The number of rotatable bonds is 7. The van der Waals surface area contributed by atoms with E-state index >= 15 is 0 Å². The summed E-state index contributed by atoms with van der Waals surface area (Å²) in [6, 6.07) is 4.11. The van der Waals surface area contributed by atoms with Crippen molar-refractivity contribution in [3.63, 3.8) is 0 Å². The summed E-state index contributed by atoms with van der Waals surface area (Å²) in [5, 5.41) is 3.29. The number of ether oxygens (including phenoxy) is 1. The van der Waals surface area contributed by atoms with Gasteiger partial charge < -0.3 is 14.5 Å². The number of benzene rings is 1. The third-order valence-corrected chi connectivity index (χ3v) is 6.62. The molecular weight excluding hydrogens is 404 g/mol. The Morgan fingerprint density at radius 3 is 2.87 bits per heavy atom. The molecule has 2 heterocycles. The van der Waals surface area contributed by atoms with Crippen LogP contribution in [-0.2, 0) is 16.1 Å². The molecule has 0 radical (unpaired) electrons. The molecule has 1 aromatic rings. The minimum atomic E-state index is -0.0576. The second-order valence-corrected chi connectivity index (χ2v) is 8.70. The van der Waals surface area contributed by atoms with Crippen LogP contribution >= 0.6 is 11.6 Å². The minimum Gasteiger partial charge on any atom is -0.492 e. The first-order chi connectivity index (χ1) is 14.5. The summed E-state index contributed by atoms with van der Waals surface area (Å²) >= 11 is 6.56. The highest BCUT2D eigenvalue weighted by atomic mass is 35.5. The van der Waals surface area contributed by atoms with Gasteiger partial charge in [-0.3, -0.25) is 14.9 Å². The Bertz CT molecular complexity index is 851. The van der Waals surface area contributed by atoms with Crippen molar-refractivity contribution in [3.05, 3.63) is 22.7 Å². The van der Waals surface area contributed by atoms with Gasteiger partial charge in [0.2, 0.25) is 17.8 Å². The fourth-order valence-electron chi connectivity index (χ4n) is 4.39. The van der Waals surface area contributed by atoms with Crippen molar-refractivity contribution in [2.75, 3.05) is 20.2 Å². The first kappa shape index (κ1) is 21.0. The summed E-state index contributed by atoms with van der Waals surface area (Å²) in [4.78, 5) is 32.3. The lowest BCUT2D eigenvalue weighted by Crippen LogP contribution is -2.38. The lowest BCUT2D eigenvalue weighted by molar-refractivity contribution is -0.132. The maximum atomic E-state index is 12.4. The maximum Gasteiger partial charge on any atom is 0.246 e. The summed E-state index contributed by atoms with van der Waals surface area (Å²) in [7, 11) is 1.94. The van der Waals surface area contributed by atoms with E-state index in [9.17, 15) is 9.59 Å². The van der Waals surface area contributed by atoms with Crippen LogP contribution in [0, 0.1) is 0 Å². The molecule has 4 rings (SSSR count). The molecule has 2 fully saturated rings. The van der Waals surface area contributed by atoms with Gasteiger partial charge in [-0.05, 0) is 37.8 Å². The molecule has 1 aromatic carbocycles. The molecule has 2 amide bonds.